The molecule has 0 saturated heterocycles. The Morgan fingerprint density at radius 2 is 1.86 bits per heavy atom. The van der Waals surface area contributed by atoms with E-state index in [2.05, 4.69) is 13.0 Å². The average Bonchev–Trinajstić information content (AvgIpc) is 2.50. The van der Waals surface area contributed by atoms with Crippen molar-refractivity contribution in [2.45, 2.75) is 18.7 Å². The Balaban J connectivity index is 2.50. The lowest BCUT2D eigenvalue weighted by Gasteiger charge is -2.25. The van der Waals surface area contributed by atoms with Crippen molar-refractivity contribution in [1.29, 1.82) is 5.26 Å². The fourth-order valence-electron chi connectivity index (χ4n) is 2.25. The summed E-state index contributed by atoms with van der Waals surface area (Å²) in [7, 11) is 0. The third-order valence-electron chi connectivity index (χ3n) is 3.16. The monoisotopic (exact) mass is 300 g/mol. The molecule has 0 heterocycles. The SMILES string of the molecule is CCSc1cccc(N(CC)c2ccc(F)cc2)c1C#N. The molecule has 0 aliphatic carbocycles. The van der Waals surface area contributed by atoms with Crippen LogP contribution >= 0.6 is 11.8 Å². The van der Waals surface area contributed by atoms with Crippen LogP contribution in [0, 0.1) is 17.1 Å². The Hall–Kier alpha value is -1.99. The minimum Gasteiger partial charge on any atom is -0.341 e. The highest BCUT2D eigenvalue weighted by atomic mass is 32.2. The van der Waals surface area contributed by atoms with Gasteiger partial charge in [0.2, 0.25) is 0 Å². The van der Waals surface area contributed by atoms with Gasteiger partial charge in [-0.3, -0.25) is 0 Å². The Bertz CT molecular complexity index is 647. The highest BCUT2D eigenvalue weighted by Gasteiger charge is 2.15. The van der Waals surface area contributed by atoms with Gasteiger partial charge in [0.15, 0.2) is 0 Å². The first kappa shape index (κ1) is 15.4. The molecule has 108 valence electrons. The van der Waals surface area contributed by atoms with Crippen LogP contribution in [0.3, 0.4) is 0 Å². The number of nitriles is 1. The number of hydrogen-bond donors (Lipinski definition) is 0. The van der Waals surface area contributed by atoms with Crippen molar-refractivity contribution < 1.29 is 4.39 Å². The van der Waals surface area contributed by atoms with Gasteiger partial charge in [0.25, 0.3) is 0 Å². The van der Waals surface area contributed by atoms with Crippen molar-refractivity contribution in [1.82, 2.24) is 0 Å². The molecule has 2 aromatic carbocycles. The van der Waals surface area contributed by atoms with Gasteiger partial charge in [0.05, 0.1) is 11.3 Å². The number of benzene rings is 2. The summed E-state index contributed by atoms with van der Waals surface area (Å²) in [4.78, 5) is 3.01. The van der Waals surface area contributed by atoms with Gasteiger partial charge in [0.1, 0.15) is 11.9 Å². The second-order valence-electron chi connectivity index (χ2n) is 4.42. The van der Waals surface area contributed by atoms with E-state index in [1.165, 1.54) is 12.1 Å². The fourth-order valence-corrected chi connectivity index (χ4v) is 3.03. The summed E-state index contributed by atoms with van der Waals surface area (Å²) in [6, 6.07) is 14.5. The molecule has 4 heteroatoms. The highest BCUT2D eigenvalue weighted by molar-refractivity contribution is 7.99. The smallest absolute Gasteiger partial charge is 0.123 e. The zero-order valence-corrected chi connectivity index (χ0v) is 13.0. The standard InChI is InChI=1S/C17H17FN2S/c1-3-20(14-10-8-13(18)9-11-14)16-6-5-7-17(21-4-2)15(16)12-19/h5-11H,3-4H2,1-2H3. The molecule has 0 N–H and O–H groups in total. The summed E-state index contributed by atoms with van der Waals surface area (Å²) in [6.45, 7) is 4.79. The normalized spacial score (nSPS) is 10.2. The topological polar surface area (TPSA) is 27.0 Å². The molecule has 0 fully saturated rings. The van der Waals surface area contributed by atoms with Crippen molar-refractivity contribution >= 4 is 23.1 Å². The first-order valence-corrected chi connectivity index (χ1v) is 7.88. The van der Waals surface area contributed by atoms with E-state index in [1.807, 2.05) is 30.0 Å². The van der Waals surface area contributed by atoms with Gasteiger partial charge in [-0.1, -0.05) is 13.0 Å². The van der Waals surface area contributed by atoms with Gasteiger partial charge < -0.3 is 4.90 Å². The first-order valence-electron chi connectivity index (χ1n) is 6.90. The second kappa shape index (κ2) is 7.14. The van der Waals surface area contributed by atoms with E-state index in [4.69, 9.17) is 0 Å². The van der Waals surface area contributed by atoms with Gasteiger partial charge in [-0.05, 0) is 49.1 Å². The van der Waals surface area contributed by atoms with E-state index >= 15 is 0 Å². The zero-order chi connectivity index (χ0) is 15.2. The number of anilines is 2. The van der Waals surface area contributed by atoms with E-state index in [1.54, 1.807) is 23.9 Å². The lowest BCUT2D eigenvalue weighted by Crippen LogP contribution is -2.17. The molecule has 0 radical (unpaired) electrons. The number of hydrogen-bond acceptors (Lipinski definition) is 3. The van der Waals surface area contributed by atoms with E-state index in [0.717, 1.165) is 22.0 Å². The molecule has 0 unspecified atom stereocenters. The van der Waals surface area contributed by atoms with Crippen molar-refractivity contribution in [2.75, 3.05) is 17.2 Å². The maximum Gasteiger partial charge on any atom is 0.123 e. The van der Waals surface area contributed by atoms with Crippen LogP contribution in [0.5, 0.6) is 0 Å². The maximum atomic E-state index is 13.1. The van der Waals surface area contributed by atoms with Crippen LogP contribution in [0.4, 0.5) is 15.8 Å². The molecular weight excluding hydrogens is 283 g/mol. The van der Waals surface area contributed by atoms with Crippen LogP contribution < -0.4 is 4.90 Å². The Labute approximate surface area is 129 Å². The summed E-state index contributed by atoms with van der Waals surface area (Å²) < 4.78 is 13.1. The third kappa shape index (κ3) is 3.37. The number of thioether (sulfide) groups is 1. The summed E-state index contributed by atoms with van der Waals surface area (Å²) in [5.41, 5.74) is 2.43. The average molecular weight is 300 g/mol. The Morgan fingerprint density at radius 3 is 2.43 bits per heavy atom. The van der Waals surface area contributed by atoms with Crippen LogP contribution in [-0.2, 0) is 0 Å². The van der Waals surface area contributed by atoms with Crippen molar-refractivity contribution in [2.24, 2.45) is 0 Å². The molecule has 2 rings (SSSR count). The molecule has 0 amide bonds. The van der Waals surface area contributed by atoms with Crippen LogP contribution in [0.25, 0.3) is 0 Å². The number of halogens is 1. The summed E-state index contributed by atoms with van der Waals surface area (Å²) in [5.74, 6) is 0.659. The van der Waals surface area contributed by atoms with Crippen LogP contribution in [0.1, 0.15) is 19.4 Å². The summed E-state index contributed by atoms with van der Waals surface area (Å²) in [5, 5.41) is 9.51. The van der Waals surface area contributed by atoms with Gasteiger partial charge in [-0.2, -0.15) is 5.26 Å². The lowest BCUT2D eigenvalue weighted by atomic mass is 10.1. The molecule has 0 saturated carbocycles. The Kier molecular flexibility index (Phi) is 5.24. The molecule has 0 atom stereocenters. The fraction of sp³-hybridized carbons (Fsp3) is 0.235. The highest BCUT2D eigenvalue weighted by Crippen LogP contribution is 2.34. The molecule has 0 aliphatic rings. The molecule has 0 aromatic heterocycles. The van der Waals surface area contributed by atoms with Crippen molar-refractivity contribution in [3.05, 3.63) is 53.8 Å². The predicted molar refractivity (Wildman–Crippen MR) is 86.6 cm³/mol. The minimum absolute atomic E-state index is 0.259. The molecule has 0 spiro atoms. The van der Waals surface area contributed by atoms with Crippen molar-refractivity contribution in [3.8, 4) is 6.07 Å². The van der Waals surface area contributed by atoms with Gasteiger partial charge in [0, 0.05) is 17.1 Å². The molecule has 0 aliphatic heterocycles. The van der Waals surface area contributed by atoms with Crippen LogP contribution in [0.15, 0.2) is 47.4 Å². The second-order valence-corrected chi connectivity index (χ2v) is 5.72. The third-order valence-corrected chi connectivity index (χ3v) is 4.10. The molecule has 21 heavy (non-hydrogen) atoms. The number of rotatable bonds is 5. The van der Waals surface area contributed by atoms with E-state index in [-0.39, 0.29) is 5.82 Å². The zero-order valence-electron chi connectivity index (χ0n) is 12.1. The van der Waals surface area contributed by atoms with E-state index < -0.39 is 0 Å². The maximum absolute atomic E-state index is 13.1. The summed E-state index contributed by atoms with van der Waals surface area (Å²) >= 11 is 1.66. The van der Waals surface area contributed by atoms with E-state index in [9.17, 15) is 9.65 Å². The quantitative estimate of drug-likeness (QED) is 0.730. The van der Waals surface area contributed by atoms with Crippen molar-refractivity contribution in [3.63, 3.8) is 0 Å². The lowest BCUT2D eigenvalue weighted by molar-refractivity contribution is 0.628. The predicted octanol–water partition coefficient (Wildman–Crippen LogP) is 4.97. The molecule has 0 bridgehead atoms. The molecule has 2 nitrogen and oxygen atoms in total. The minimum atomic E-state index is -0.259. The first-order chi connectivity index (χ1) is 10.2. The molecular formula is C17H17FN2S. The number of nitrogens with zero attached hydrogens (tertiary/aromatic N) is 2. The summed E-state index contributed by atoms with van der Waals surface area (Å²) in [6.07, 6.45) is 0. The van der Waals surface area contributed by atoms with Crippen LogP contribution in [-0.4, -0.2) is 12.3 Å². The van der Waals surface area contributed by atoms with Gasteiger partial charge >= 0.3 is 0 Å². The van der Waals surface area contributed by atoms with Gasteiger partial charge in [-0.25, -0.2) is 4.39 Å². The Morgan fingerprint density at radius 1 is 1.14 bits per heavy atom. The van der Waals surface area contributed by atoms with E-state index in [0.29, 0.717) is 12.1 Å². The van der Waals surface area contributed by atoms with Crippen LogP contribution in [0.2, 0.25) is 0 Å². The van der Waals surface area contributed by atoms with Gasteiger partial charge in [-0.15, -0.1) is 11.8 Å². The molecule has 2 aromatic rings. The largest absolute Gasteiger partial charge is 0.341 e.